The quantitative estimate of drug-likeness (QED) is 0.828. The first-order chi connectivity index (χ1) is 8.72. The predicted molar refractivity (Wildman–Crippen MR) is 76.7 cm³/mol. The van der Waals surface area contributed by atoms with Crippen molar-refractivity contribution in [1.29, 1.82) is 0 Å². The molecule has 0 aliphatic carbocycles. The van der Waals surface area contributed by atoms with Crippen molar-refractivity contribution in [1.82, 2.24) is 4.98 Å². The van der Waals surface area contributed by atoms with Crippen molar-refractivity contribution in [3.05, 3.63) is 36.4 Å². The fourth-order valence-corrected chi connectivity index (χ4v) is 1.91. The minimum Gasteiger partial charge on any atom is -0.479 e. The molecule has 0 aliphatic rings. The van der Waals surface area contributed by atoms with Gasteiger partial charge in [-0.1, -0.05) is 0 Å². The Morgan fingerprint density at radius 3 is 2.50 bits per heavy atom. The Balaban J connectivity index is 2.17. The van der Waals surface area contributed by atoms with Crippen molar-refractivity contribution >= 4 is 29.0 Å². The summed E-state index contributed by atoms with van der Waals surface area (Å²) in [4.78, 5) is 5.49. The summed E-state index contributed by atoms with van der Waals surface area (Å²) in [5.41, 5.74) is 7.22. The molecule has 5 heteroatoms. The SMILES string of the molecule is COc1nc(Nc2ccc(SC)cc2)ccc1N. The van der Waals surface area contributed by atoms with Crippen LogP contribution in [0.3, 0.4) is 0 Å². The van der Waals surface area contributed by atoms with E-state index in [0.717, 1.165) is 5.69 Å². The van der Waals surface area contributed by atoms with E-state index in [1.165, 1.54) is 4.90 Å². The van der Waals surface area contributed by atoms with E-state index in [1.54, 1.807) is 24.9 Å². The molecule has 0 amide bonds. The zero-order chi connectivity index (χ0) is 13.0. The largest absolute Gasteiger partial charge is 0.479 e. The molecule has 0 aliphatic heterocycles. The lowest BCUT2D eigenvalue weighted by Gasteiger charge is -2.09. The highest BCUT2D eigenvalue weighted by atomic mass is 32.2. The Morgan fingerprint density at radius 2 is 1.89 bits per heavy atom. The van der Waals surface area contributed by atoms with Crippen molar-refractivity contribution in [2.24, 2.45) is 0 Å². The summed E-state index contributed by atoms with van der Waals surface area (Å²) >= 11 is 1.71. The summed E-state index contributed by atoms with van der Waals surface area (Å²) in [6.45, 7) is 0. The fourth-order valence-electron chi connectivity index (χ4n) is 1.51. The molecule has 1 aromatic heterocycles. The molecule has 1 aromatic carbocycles. The number of hydrogen-bond acceptors (Lipinski definition) is 5. The fraction of sp³-hybridized carbons (Fsp3) is 0.154. The Labute approximate surface area is 111 Å². The van der Waals surface area contributed by atoms with E-state index >= 15 is 0 Å². The number of methoxy groups -OCH3 is 1. The van der Waals surface area contributed by atoms with Gasteiger partial charge >= 0.3 is 0 Å². The number of nitrogens with two attached hydrogens (primary N) is 1. The molecule has 0 saturated carbocycles. The van der Waals surface area contributed by atoms with Crippen molar-refractivity contribution in [2.75, 3.05) is 24.4 Å². The molecular weight excluding hydrogens is 246 g/mol. The lowest BCUT2D eigenvalue weighted by atomic mass is 10.3. The van der Waals surface area contributed by atoms with Crippen molar-refractivity contribution in [2.45, 2.75) is 4.90 Å². The number of aromatic nitrogens is 1. The van der Waals surface area contributed by atoms with Gasteiger partial charge in [0, 0.05) is 10.6 Å². The molecule has 18 heavy (non-hydrogen) atoms. The number of nitrogens with zero attached hydrogens (tertiary/aromatic N) is 1. The third-order valence-electron chi connectivity index (χ3n) is 2.45. The smallest absolute Gasteiger partial charge is 0.238 e. The van der Waals surface area contributed by atoms with Crippen molar-refractivity contribution in [3.63, 3.8) is 0 Å². The number of hydrogen-bond donors (Lipinski definition) is 2. The van der Waals surface area contributed by atoms with Crippen LogP contribution in [-0.2, 0) is 0 Å². The van der Waals surface area contributed by atoms with Crippen LogP contribution in [0.4, 0.5) is 17.2 Å². The molecule has 0 fully saturated rings. The standard InChI is InChI=1S/C13H15N3OS/c1-17-13-11(14)7-8-12(16-13)15-9-3-5-10(18-2)6-4-9/h3-8H,14H2,1-2H3,(H,15,16). The highest BCUT2D eigenvalue weighted by Crippen LogP contribution is 2.24. The average Bonchev–Trinajstić information content (AvgIpc) is 2.42. The lowest BCUT2D eigenvalue weighted by Crippen LogP contribution is -1.99. The number of rotatable bonds is 4. The molecule has 94 valence electrons. The minimum atomic E-state index is 0.431. The number of thioether (sulfide) groups is 1. The first-order valence-corrected chi connectivity index (χ1v) is 6.67. The number of ether oxygens (including phenoxy) is 1. The van der Waals surface area contributed by atoms with Gasteiger partial charge in [0.15, 0.2) is 0 Å². The first-order valence-electron chi connectivity index (χ1n) is 5.44. The van der Waals surface area contributed by atoms with E-state index < -0.39 is 0 Å². The Morgan fingerprint density at radius 1 is 1.17 bits per heavy atom. The van der Waals surface area contributed by atoms with E-state index in [4.69, 9.17) is 10.5 Å². The maximum atomic E-state index is 5.71. The van der Waals surface area contributed by atoms with Crippen LogP contribution < -0.4 is 15.8 Å². The molecule has 0 spiro atoms. The number of nitrogen functional groups attached to an aromatic ring is 1. The molecule has 0 unspecified atom stereocenters. The van der Waals surface area contributed by atoms with E-state index in [1.807, 2.05) is 18.2 Å². The topological polar surface area (TPSA) is 60.2 Å². The maximum Gasteiger partial charge on any atom is 0.238 e. The van der Waals surface area contributed by atoms with Crippen LogP contribution in [0.15, 0.2) is 41.3 Å². The number of pyridine rings is 1. The van der Waals surface area contributed by atoms with Crippen LogP contribution in [-0.4, -0.2) is 18.3 Å². The van der Waals surface area contributed by atoms with E-state index in [2.05, 4.69) is 28.7 Å². The van der Waals surface area contributed by atoms with Gasteiger partial charge < -0.3 is 15.8 Å². The van der Waals surface area contributed by atoms with Gasteiger partial charge in [-0.25, -0.2) is 0 Å². The predicted octanol–water partition coefficient (Wildman–Crippen LogP) is 3.14. The van der Waals surface area contributed by atoms with Gasteiger partial charge in [0.05, 0.1) is 12.8 Å². The molecule has 1 heterocycles. The zero-order valence-corrected chi connectivity index (χ0v) is 11.1. The number of nitrogens with one attached hydrogen (secondary N) is 1. The van der Waals surface area contributed by atoms with Crippen LogP contribution >= 0.6 is 11.8 Å². The van der Waals surface area contributed by atoms with Gasteiger partial charge in [0.1, 0.15) is 5.82 Å². The Bertz CT molecular complexity index is 528. The highest BCUT2D eigenvalue weighted by Gasteiger charge is 2.03. The maximum absolute atomic E-state index is 5.71. The molecule has 0 radical (unpaired) electrons. The molecular formula is C13H15N3OS. The molecule has 3 N–H and O–H groups in total. The third kappa shape index (κ3) is 2.87. The molecule has 2 aromatic rings. The van der Waals surface area contributed by atoms with Crippen molar-refractivity contribution in [3.8, 4) is 5.88 Å². The van der Waals surface area contributed by atoms with E-state index in [9.17, 15) is 0 Å². The molecule has 0 bridgehead atoms. The monoisotopic (exact) mass is 261 g/mol. The van der Waals surface area contributed by atoms with Gasteiger partial charge in [0.2, 0.25) is 5.88 Å². The highest BCUT2D eigenvalue weighted by molar-refractivity contribution is 7.98. The van der Waals surface area contributed by atoms with Gasteiger partial charge in [-0.2, -0.15) is 4.98 Å². The second kappa shape index (κ2) is 5.64. The average molecular weight is 261 g/mol. The van der Waals surface area contributed by atoms with Gasteiger partial charge in [-0.15, -0.1) is 11.8 Å². The Hall–Kier alpha value is -1.88. The number of anilines is 3. The van der Waals surface area contributed by atoms with Gasteiger partial charge in [-0.3, -0.25) is 0 Å². The van der Waals surface area contributed by atoms with Gasteiger partial charge in [0.25, 0.3) is 0 Å². The van der Waals surface area contributed by atoms with Crippen LogP contribution in [0.5, 0.6) is 5.88 Å². The summed E-state index contributed by atoms with van der Waals surface area (Å²) in [6.07, 6.45) is 2.05. The summed E-state index contributed by atoms with van der Waals surface area (Å²) in [5.74, 6) is 1.14. The second-order valence-corrected chi connectivity index (χ2v) is 4.53. The van der Waals surface area contributed by atoms with Gasteiger partial charge in [-0.05, 0) is 42.7 Å². The summed E-state index contributed by atoms with van der Waals surface area (Å²) in [6, 6.07) is 11.7. The van der Waals surface area contributed by atoms with Crippen molar-refractivity contribution < 1.29 is 4.74 Å². The van der Waals surface area contributed by atoms with Crippen LogP contribution in [0, 0.1) is 0 Å². The Kier molecular flexibility index (Phi) is 3.94. The number of benzene rings is 1. The second-order valence-electron chi connectivity index (χ2n) is 3.65. The summed E-state index contributed by atoms with van der Waals surface area (Å²) in [7, 11) is 1.55. The molecule has 0 saturated heterocycles. The first kappa shape index (κ1) is 12.6. The molecule has 4 nitrogen and oxygen atoms in total. The minimum absolute atomic E-state index is 0.431. The normalized spacial score (nSPS) is 10.1. The van der Waals surface area contributed by atoms with E-state index in [0.29, 0.717) is 17.4 Å². The third-order valence-corrected chi connectivity index (χ3v) is 3.19. The summed E-state index contributed by atoms with van der Waals surface area (Å²) in [5, 5.41) is 3.20. The van der Waals surface area contributed by atoms with Crippen LogP contribution in [0.1, 0.15) is 0 Å². The molecule has 2 rings (SSSR count). The summed E-state index contributed by atoms with van der Waals surface area (Å²) < 4.78 is 5.08. The van der Waals surface area contributed by atoms with E-state index in [-0.39, 0.29) is 0 Å². The molecule has 0 atom stereocenters. The lowest BCUT2D eigenvalue weighted by molar-refractivity contribution is 0.401. The van der Waals surface area contributed by atoms with Crippen LogP contribution in [0.25, 0.3) is 0 Å². The van der Waals surface area contributed by atoms with Crippen LogP contribution in [0.2, 0.25) is 0 Å². The zero-order valence-electron chi connectivity index (χ0n) is 10.3.